The van der Waals surface area contributed by atoms with E-state index in [0.29, 0.717) is 6.42 Å². The summed E-state index contributed by atoms with van der Waals surface area (Å²) in [7, 11) is 0. The smallest absolute Gasteiger partial charge is 0.311 e. The maximum Gasteiger partial charge on any atom is 0.311 e. The maximum absolute atomic E-state index is 13.4. The number of carbonyl (C=O) groups is 2. The number of hydrogen-bond donors (Lipinski definition) is 1. The van der Waals surface area contributed by atoms with Crippen molar-refractivity contribution in [3.05, 3.63) is 0 Å². The normalized spacial score (nSPS) is 12.0. The van der Waals surface area contributed by atoms with Gasteiger partial charge in [0, 0.05) is 13.0 Å². The Labute approximate surface area is 375 Å². The van der Waals surface area contributed by atoms with E-state index in [1.54, 1.807) is 0 Å². The zero-order valence-corrected chi connectivity index (χ0v) is 41.6. The van der Waals surface area contributed by atoms with Gasteiger partial charge in [0.1, 0.15) is 12.2 Å². The molecule has 0 bridgehead atoms. The van der Waals surface area contributed by atoms with E-state index < -0.39 is 5.41 Å². The van der Waals surface area contributed by atoms with E-state index in [1.165, 1.54) is 161 Å². The Morgan fingerprint density at radius 2 is 0.767 bits per heavy atom. The lowest BCUT2D eigenvalue weighted by Gasteiger charge is -2.27. The van der Waals surface area contributed by atoms with Gasteiger partial charge in [0.15, 0.2) is 0 Å². The number of rotatable bonds is 48. The van der Waals surface area contributed by atoms with Gasteiger partial charge in [-0.3, -0.25) is 9.59 Å². The lowest BCUT2D eigenvalue weighted by atomic mass is 9.86. The minimum Gasteiger partial charge on any atom is -0.462 e. The van der Waals surface area contributed by atoms with Crippen LogP contribution in [0, 0.1) is 5.41 Å². The topological polar surface area (TPSA) is 76.1 Å². The molecule has 0 fully saturated rings. The molecule has 1 N–H and O–H groups in total. The highest BCUT2D eigenvalue weighted by Crippen LogP contribution is 2.28. The second kappa shape index (κ2) is 44.5. The van der Waals surface area contributed by atoms with E-state index in [4.69, 9.17) is 9.47 Å². The minimum absolute atomic E-state index is 0.00441. The monoisotopic (exact) mass is 850 g/mol. The second-order valence-electron chi connectivity index (χ2n) is 19.5. The quantitative estimate of drug-likeness (QED) is 0.0485. The predicted molar refractivity (Wildman–Crippen MR) is 260 cm³/mol. The summed E-state index contributed by atoms with van der Waals surface area (Å²) in [5.74, 6) is 0.0191. The lowest BCUT2D eigenvalue weighted by Crippen LogP contribution is -2.31. The van der Waals surface area contributed by atoms with Crippen LogP contribution in [0.1, 0.15) is 292 Å². The Bertz CT molecular complexity index is 877. The molecule has 0 rings (SSSR count). The predicted octanol–water partition coefficient (Wildman–Crippen LogP) is 16.4. The summed E-state index contributed by atoms with van der Waals surface area (Å²) in [6.07, 6.45) is 46.3. The van der Waals surface area contributed by atoms with Crippen molar-refractivity contribution in [2.75, 3.05) is 26.2 Å². The average Bonchev–Trinajstić information content (AvgIpc) is 3.23. The molecule has 358 valence electrons. The summed E-state index contributed by atoms with van der Waals surface area (Å²) in [5.41, 5.74) is -0.438. The molecule has 60 heavy (non-hydrogen) atoms. The van der Waals surface area contributed by atoms with Gasteiger partial charge >= 0.3 is 11.9 Å². The number of nitrogens with zero attached hydrogens (tertiary/aromatic N) is 1. The van der Waals surface area contributed by atoms with Gasteiger partial charge in [0.2, 0.25) is 0 Å². The molecule has 6 heteroatoms. The van der Waals surface area contributed by atoms with Crippen molar-refractivity contribution in [3.8, 4) is 0 Å². The molecular formula is C54H107NO5. The fraction of sp³-hybridized carbons (Fsp3) is 0.963. The molecular weight excluding hydrogens is 743 g/mol. The number of unbranched alkanes of at least 4 members (excludes halogenated alkanes) is 27. The molecule has 0 spiro atoms. The number of esters is 2. The van der Waals surface area contributed by atoms with Crippen molar-refractivity contribution < 1.29 is 24.2 Å². The van der Waals surface area contributed by atoms with Gasteiger partial charge in [-0.05, 0) is 104 Å². The van der Waals surface area contributed by atoms with Crippen LogP contribution in [0.4, 0.5) is 0 Å². The van der Waals surface area contributed by atoms with Crippen molar-refractivity contribution in [2.24, 2.45) is 5.41 Å². The van der Waals surface area contributed by atoms with E-state index in [-0.39, 0.29) is 30.8 Å². The number of aliphatic hydroxyl groups is 1. The van der Waals surface area contributed by atoms with Crippen LogP contribution in [-0.2, 0) is 19.1 Å². The molecule has 0 aliphatic heterocycles. The molecule has 6 nitrogen and oxygen atoms in total. The first-order valence-corrected chi connectivity index (χ1v) is 27.0. The fourth-order valence-electron chi connectivity index (χ4n) is 8.66. The number of carbonyl (C=O) groups excluding carboxylic acids is 2. The van der Waals surface area contributed by atoms with Crippen molar-refractivity contribution >= 4 is 11.9 Å². The summed E-state index contributed by atoms with van der Waals surface area (Å²) in [6.45, 7) is 16.2. The lowest BCUT2D eigenvalue weighted by molar-refractivity contribution is -0.161. The highest BCUT2D eigenvalue weighted by atomic mass is 16.5. The van der Waals surface area contributed by atoms with Crippen LogP contribution in [0.5, 0.6) is 0 Å². The summed E-state index contributed by atoms with van der Waals surface area (Å²) in [6, 6.07) is 0. The Hall–Kier alpha value is -1.14. The molecule has 0 aromatic rings. The summed E-state index contributed by atoms with van der Waals surface area (Å²) in [5, 5.41) is 9.70. The largest absolute Gasteiger partial charge is 0.462 e. The summed E-state index contributed by atoms with van der Waals surface area (Å²) in [4.78, 5) is 28.6. The highest BCUT2D eigenvalue weighted by Gasteiger charge is 2.30. The molecule has 0 radical (unpaired) electrons. The standard InChI is InChI=1S/C54H107NO5/c1-7-11-15-19-24-32-40-50(41-33-25-20-16-12-8-2)59-52(57)44-36-28-23-30-38-46-55(48-49-56)47-39-31-29-37-45-54(5,6)53(58)60-51(42-34-26-21-17-13-9-3)43-35-27-22-18-14-10-4/h50-51,56H,7-49H2,1-6H3. The van der Waals surface area contributed by atoms with E-state index in [0.717, 1.165) is 103 Å². The van der Waals surface area contributed by atoms with Gasteiger partial charge in [0.25, 0.3) is 0 Å². The number of aliphatic hydroxyl groups excluding tert-OH is 1. The van der Waals surface area contributed by atoms with E-state index >= 15 is 0 Å². The first kappa shape index (κ1) is 58.9. The molecule has 0 aromatic carbocycles. The van der Waals surface area contributed by atoms with Gasteiger partial charge in [-0.1, -0.05) is 195 Å². The van der Waals surface area contributed by atoms with E-state index in [2.05, 4.69) is 46.4 Å². The van der Waals surface area contributed by atoms with Gasteiger partial charge in [0.05, 0.1) is 12.0 Å². The molecule has 0 aliphatic carbocycles. The molecule has 0 saturated carbocycles. The van der Waals surface area contributed by atoms with Crippen molar-refractivity contribution in [2.45, 2.75) is 304 Å². The molecule has 0 atom stereocenters. The van der Waals surface area contributed by atoms with Crippen LogP contribution in [-0.4, -0.2) is 60.4 Å². The van der Waals surface area contributed by atoms with Crippen LogP contribution < -0.4 is 0 Å². The third-order valence-corrected chi connectivity index (χ3v) is 12.9. The summed E-state index contributed by atoms with van der Waals surface area (Å²) < 4.78 is 12.3. The van der Waals surface area contributed by atoms with Gasteiger partial charge in [-0.15, -0.1) is 0 Å². The van der Waals surface area contributed by atoms with Crippen LogP contribution in [0.2, 0.25) is 0 Å². The van der Waals surface area contributed by atoms with Crippen molar-refractivity contribution in [1.29, 1.82) is 0 Å². The van der Waals surface area contributed by atoms with Crippen LogP contribution in [0.25, 0.3) is 0 Å². The first-order valence-electron chi connectivity index (χ1n) is 27.0. The van der Waals surface area contributed by atoms with E-state index in [9.17, 15) is 14.7 Å². The Balaban J connectivity index is 4.40. The zero-order chi connectivity index (χ0) is 44.2. The van der Waals surface area contributed by atoms with Crippen molar-refractivity contribution in [3.63, 3.8) is 0 Å². The van der Waals surface area contributed by atoms with Crippen molar-refractivity contribution in [1.82, 2.24) is 4.90 Å². The van der Waals surface area contributed by atoms with Gasteiger partial charge in [-0.2, -0.15) is 0 Å². The molecule has 0 heterocycles. The minimum atomic E-state index is -0.438. The third-order valence-electron chi connectivity index (χ3n) is 12.9. The molecule has 0 aliphatic rings. The second-order valence-corrected chi connectivity index (χ2v) is 19.5. The van der Waals surface area contributed by atoms with Gasteiger partial charge in [-0.25, -0.2) is 0 Å². The Morgan fingerprint density at radius 1 is 0.433 bits per heavy atom. The fourth-order valence-corrected chi connectivity index (χ4v) is 8.66. The molecule has 0 amide bonds. The SMILES string of the molecule is CCCCCCCCC(CCCCCCCC)OC(=O)CCCCCCCN(CCO)CCCCCCC(C)(C)C(=O)OC(CCCCCCCC)CCCCCCCC. The van der Waals surface area contributed by atoms with Gasteiger partial charge < -0.3 is 19.5 Å². The van der Waals surface area contributed by atoms with Crippen LogP contribution in [0.3, 0.4) is 0 Å². The Morgan fingerprint density at radius 3 is 1.17 bits per heavy atom. The van der Waals surface area contributed by atoms with Crippen LogP contribution >= 0.6 is 0 Å². The highest BCUT2D eigenvalue weighted by molar-refractivity contribution is 5.76. The van der Waals surface area contributed by atoms with Crippen LogP contribution in [0.15, 0.2) is 0 Å². The average molecular weight is 850 g/mol. The molecule has 0 saturated heterocycles. The maximum atomic E-state index is 13.4. The third kappa shape index (κ3) is 38.5. The molecule has 0 unspecified atom stereocenters. The number of ether oxygens (including phenoxy) is 2. The molecule has 0 aromatic heterocycles. The summed E-state index contributed by atoms with van der Waals surface area (Å²) >= 11 is 0. The number of hydrogen-bond acceptors (Lipinski definition) is 6. The zero-order valence-electron chi connectivity index (χ0n) is 41.6. The van der Waals surface area contributed by atoms with E-state index in [1.807, 2.05) is 0 Å². The Kier molecular flexibility index (Phi) is 43.6. The first-order chi connectivity index (χ1) is 29.2.